The Bertz CT molecular complexity index is 697. The summed E-state index contributed by atoms with van der Waals surface area (Å²) in [6.45, 7) is 8.49. The number of likely N-dealkylation sites (tertiary alicyclic amines) is 1. The molecule has 0 radical (unpaired) electrons. The van der Waals surface area contributed by atoms with Gasteiger partial charge in [-0.15, -0.1) is 6.58 Å². The number of ether oxygens (including phenoxy) is 1. The van der Waals surface area contributed by atoms with Crippen molar-refractivity contribution in [2.24, 2.45) is 11.8 Å². The molecule has 168 valence electrons. The Morgan fingerprint density at radius 1 is 1.43 bits per heavy atom. The van der Waals surface area contributed by atoms with Crippen LogP contribution in [0, 0.1) is 11.8 Å². The summed E-state index contributed by atoms with van der Waals surface area (Å²) in [5, 5.41) is 18.9. The topological polar surface area (TPSA) is 107 Å². The SMILES string of the molecule is C=CCN(C(=O)C1N(CCCCO)C(=O)[C@@H]2[C@@H](C(=O)O)[C@H]3CCC12O3)C(C)CCC. The molecule has 3 unspecified atom stereocenters. The van der Waals surface area contributed by atoms with Crippen molar-refractivity contribution in [3.63, 3.8) is 0 Å². The van der Waals surface area contributed by atoms with Gasteiger partial charge in [-0.1, -0.05) is 19.4 Å². The highest BCUT2D eigenvalue weighted by Gasteiger charge is 2.74. The molecule has 6 atom stereocenters. The summed E-state index contributed by atoms with van der Waals surface area (Å²) in [5.41, 5.74) is -1.08. The zero-order valence-electron chi connectivity index (χ0n) is 18.0. The van der Waals surface area contributed by atoms with Crippen molar-refractivity contribution in [3.8, 4) is 0 Å². The van der Waals surface area contributed by atoms with E-state index in [1.54, 1.807) is 11.0 Å². The molecule has 0 aromatic rings. The number of nitrogens with zero attached hydrogens (tertiary/aromatic N) is 2. The highest BCUT2D eigenvalue weighted by atomic mass is 16.5. The highest BCUT2D eigenvalue weighted by molar-refractivity contribution is 5.98. The van der Waals surface area contributed by atoms with Gasteiger partial charge in [0.25, 0.3) is 0 Å². The van der Waals surface area contributed by atoms with Gasteiger partial charge in [-0.3, -0.25) is 14.4 Å². The molecular weight excluding hydrogens is 388 g/mol. The minimum atomic E-state index is -1.08. The van der Waals surface area contributed by atoms with Crippen LogP contribution in [-0.4, -0.2) is 81.3 Å². The normalized spacial score (nSPS) is 32.9. The molecule has 3 saturated heterocycles. The smallest absolute Gasteiger partial charge is 0.310 e. The fraction of sp³-hybridized carbons (Fsp3) is 0.773. The molecule has 0 saturated carbocycles. The summed E-state index contributed by atoms with van der Waals surface area (Å²) in [4.78, 5) is 42.5. The first-order chi connectivity index (χ1) is 14.3. The number of carboxylic acids is 1. The zero-order chi connectivity index (χ0) is 22.1. The lowest BCUT2D eigenvalue weighted by Crippen LogP contribution is -2.57. The third kappa shape index (κ3) is 3.54. The molecule has 0 aromatic heterocycles. The number of rotatable bonds is 11. The molecule has 8 nitrogen and oxygen atoms in total. The molecule has 3 aliphatic heterocycles. The Morgan fingerprint density at radius 3 is 2.77 bits per heavy atom. The largest absolute Gasteiger partial charge is 0.481 e. The van der Waals surface area contributed by atoms with Crippen LogP contribution in [-0.2, 0) is 19.1 Å². The second-order valence-electron chi connectivity index (χ2n) is 8.77. The number of amides is 2. The highest BCUT2D eigenvalue weighted by Crippen LogP contribution is 2.58. The quantitative estimate of drug-likeness (QED) is 0.385. The van der Waals surface area contributed by atoms with Gasteiger partial charge >= 0.3 is 5.97 Å². The van der Waals surface area contributed by atoms with Crippen LogP contribution in [0.5, 0.6) is 0 Å². The minimum absolute atomic E-state index is 0.00165. The Labute approximate surface area is 177 Å². The fourth-order valence-corrected chi connectivity index (χ4v) is 5.71. The van der Waals surface area contributed by atoms with E-state index in [9.17, 15) is 19.5 Å². The first-order valence-electron chi connectivity index (χ1n) is 11.1. The Morgan fingerprint density at radius 2 is 2.17 bits per heavy atom. The van der Waals surface area contributed by atoms with E-state index in [1.165, 1.54) is 4.90 Å². The molecule has 3 fully saturated rings. The van der Waals surface area contributed by atoms with Crippen LogP contribution in [0.2, 0.25) is 0 Å². The van der Waals surface area contributed by atoms with E-state index in [0.29, 0.717) is 38.8 Å². The molecular formula is C22H34N2O6. The molecule has 3 heterocycles. The first-order valence-corrected chi connectivity index (χ1v) is 11.1. The number of hydrogen-bond acceptors (Lipinski definition) is 5. The maximum Gasteiger partial charge on any atom is 0.310 e. The number of aliphatic hydroxyl groups excluding tert-OH is 1. The molecule has 0 aromatic carbocycles. The van der Waals surface area contributed by atoms with Gasteiger partial charge in [0.05, 0.1) is 17.9 Å². The van der Waals surface area contributed by atoms with Crippen molar-refractivity contribution >= 4 is 17.8 Å². The van der Waals surface area contributed by atoms with Gasteiger partial charge in [0.2, 0.25) is 11.8 Å². The molecule has 3 aliphatic rings. The van der Waals surface area contributed by atoms with Crippen molar-refractivity contribution in [2.75, 3.05) is 19.7 Å². The molecule has 8 heteroatoms. The lowest BCUT2D eigenvalue weighted by Gasteiger charge is -2.39. The maximum absolute atomic E-state index is 13.8. The standard InChI is InChI=1S/C22H34N2O6/c1-4-8-14(3)23(11-5-2)20(27)18-22-10-9-15(30-22)16(21(28)29)17(22)19(26)24(18)12-6-7-13-25/h5,14-18,25H,2,4,6-13H2,1,3H3,(H,28,29)/t14?,15-,16+,17+,18?,22?/m1/s1. The van der Waals surface area contributed by atoms with Gasteiger partial charge < -0.3 is 24.7 Å². The van der Waals surface area contributed by atoms with Crippen LogP contribution in [0.3, 0.4) is 0 Å². The summed E-state index contributed by atoms with van der Waals surface area (Å²) >= 11 is 0. The molecule has 2 bridgehead atoms. The van der Waals surface area contributed by atoms with Crippen LogP contribution >= 0.6 is 0 Å². The summed E-state index contributed by atoms with van der Waals surface area (Å²) in [6, 6.07) is -0.860. The van der Waals surface area contributed by atoms with Crippen LogP contribution in [0.1, 0.15) is 52.4 Å². The van der Waals surface area contributed by atoms with Crippen LogP contribution in [0.25, 0.3) is 0 Å². The molecule has 2 N–H and O–H groups in total. The average molecular weight is 423 g/mol. The van der Waals surface area contributed by atoms with Gasteiger partial charge in [0.15, 0.2) is 0 Å². The average Bonchev–Trinajstić information content (AvgIpc) is 3.34. The summed E-state index contributed by atoms with van der Waals surface area (Å²) in [7, 11) is 0. The molecule has 3 rings (SSSR count). The summed E-state index contributed by atoms with van der Waals surface area (Å²) in [5.74, 6) is -3.27. The van der Waals surface area contributed by atoms with Gasteiger partial charge in [-0.25, -0.2) is 0 Å². The van der Waals surface area contributed by atoms with E-state index >= 15 is 0 Å². The zero-order valence-corrected chi connectivity index (χ0v) is 18.0. The number of aliphatic hydroxyl groups is 1. The van der Waals surface area contributed by atoms with E-state index in [4.69, 9.17) is 9.84 Å². The lowest BCUT2D eigenvalue weighted by atomic mass is 9.70. The molecule has 2 amide bonds. The molecule has 30 heavy (non-hydrogen) atoms. The van der Waals surface area contributed by atoms with Gasteiger partial charge in [0.1, 0.15) is 11.6 Å². The first kappa shape index (κ1) is 22.7. The predicted octanol–water partition coefficient (Wildman–Crippen LogP) is 1.42. The van der Waals surface area contributed by atoms with E-state index in [0.717, 1.165) is 12.8 Å². The fourth-order valence-electron chi connectivity index (χ4n) is 5.71. The Balaban J connectivity index is 1.99. The van der Waals surface area contributed by atoms with Crippen LogP contribution in [0.15, 0.2) is 12.7 Å². The van der Waals surface area contributed by atoms with Gasteiger partial charge in [-0.05, 0) is 39.0 Å². The predicted molar refractivity (Wildman–Crippen MR) is 110 cm³/mol. The molecule has 0 aliphatic carbocycles. The van der Waals surface area contributed by atoms with Crippen LogP contribution in [0.4, 0.5) is 0 Å². The number of aliphatic carboxylic acids is 1. The number of unbranched alkanes of at least 4 members (excludes halogenated alkanes) is 1. The lowest BCUT2D eigenvalue weighted by molar-refractivity contribution is -0.151. The van der Waals surface area contributed by atoms with E-state index in [1.807, 2.05) is 6.92 Å². The number of hydrogen-bond donors (Lipinski definition) is 2. The summed E-state index contributed by atoms with van der Waals surface area (Å²) in [6.07, 6.45) is 5.00. The number of fused-ring (bicyclic) bond motifs is 1. The van der Waals surface area contributed by atoms with Crippen molar-refractivity contribution in [2.45, 2.75) is 76.2 Å². The Kier molecular flexibility index (Phi) is 6.87. The number of carboxylic acid groups (broad SMARTS) is 1. The number of carbonyl (C=O) groups excluding carboxylic acids is 2. The van der Waals surface area contributed by atoms with Crippen LogP contribution < -0.4 is 0 Å². The monoisotopic (exact) mass is 422 g/mol. The van der Waals surface area contributed by atoms with Crippen molar-refractivity contribution in [1.82, 2.24) is 9.80 Å². The Hall–Kier alpha value is -1.93. The van der Waals surface area contributed by atoms with E-state index < -0.39 is 35.6 Å². The van der Waals surface area contributed by atoms with E-state index in [2.05, 4.69) is 13.5 Å². The second-order valence-corrected chi connectivity index (χ2v) is 8.77. The van der Waals surface area contributed by atoms with Crippen molar-refractivity contribution in [1.29, 1.82) is 0 Å². The minimum Gasteiger partial charge on any atom is -0.481 e. The van der Waals surface area contributed by atoms with Crippen molar-refractivity contribution in [3.05, 3.63) is 12.7 Å². The third-order valence-electron chi connectivity index (χ3n) is 6.97. The van der Waals surface area contributed by atoms with Crippen molar-refractivity contribution < 1.29 is 29.3 Å². The van der Waals surface area contributed by atoms with Gasteiger partial charge in [0, 0.05) is 25.7 Å². The second kappa shape index (κ2) is 9.06. The third-order valence-corrected chi connectivity index (χ3v) is 6.97. The maximum atomic E-state index is 13.8. The number of carbonyl (C=O) groups is 3. The molecule has 1 spiro atoms. The van der Waals surface area contributed by atoms with E-state index in [-0.39, 0.29) is 24.5 Å². The van der Waals surface area contributed by atoms with Gasteiger partial charge in [-0.2, -0.15) is 0 Å². The summed E-state index contributed by atoms with van der Waals surface area (Å²) < 4.78 is 6.20.